The minimum atomic E-state index is -1.03. The van der Waals surface area contributed by atoms with Gasteiger partial charge in [0.15, 0.2) is 4.84 Å². The zero-order valence-corrected chi connectivity index (χ0v) is 11.3. The number of rotatable bonds is 5. The summed E-state index contributed by atoms with van der Waals surface area (Å²) in [6, 6.07) is 7.42. The van der Waals surface area contributed by atoms with Crippen molar-refractivity contribution in [1.82, 2.24) is 5.32 Å². The fraction of sp³-hybridized carbons (Fsp3) is 0.300. The van der Waals surface area contributed by atoms with Gasteiger partial charge in [-0.15, -0.1) is 0 Å². The number of hydrogen-bond acceptors (Lipinski definition) is 2. The second kappa shape index (κ2) is 6.99. The van der Waals surface area contributed by atoms with Gasteiger partial charge in [-0.25, -0.2) is 0 Å². The highest BCUT2D eigenvalue weighted by molar-refractivity contribution is 9.10. The van der Waals surface area contributed by atoms with Gasteiger partial charge in [-0.1, -0.05) is 39.1 Å². The summed E-state index contributed by atoms with van der Waals surface area (Å²) in [4.78, 5) is 9.93. The van der Waals surface area contributed by atoms with Crippen molar-refractivity contribution in [2.24, 2.45) is 0 Å². The summed E-state index contributed by atoms with van der Waals surface area (Å²) in [5.74, 6) is 0.327. The number of nitrogens with one attached hydrogen (secondary N) is 1. The number of benzene rings is 1. The number of halogens is 3. The normalized spacial score (nSPS) is 10.2. The van der Waals surface area contributed by atoms with Crippen molar-refractivity contribution in [2.45, 2.75) is 4.84 Å². The number of carbonyl (C=O) groups is 1. The number of ether oxygens (including phenoxy) is 1. The Balaban J connectivity index is 2.21. The summed E-state index contributed by atoms with van der Waals surface area (Å²) in [6.07, 6.45) is 0. The molecule has 0 heterocycles. The number of carbonyl (C=O) groups excluding carboxylic acids is 1. The third kappa shape index (κ3) is 5.05. The molecule has 1 aromatic rings. The second-order valence-corrected chi connectivity index (χ2v) is 4.91. The average molecular weight is 327 g/mol. The monoisotopic (exact) mass is 325 g/mol. The molecule has 0 radical (unpaired) electrons. The minimum absolute atomic E-state index is 0.366. The maximum Gasteiger partial charge on any atom is 0.253 e. The SMILES string of the molecule is O=C(NCCOc1ccc(Br)cc1)C(Cl)Cl. The largest absolute Gasteiger partial charge is 0.492 e. The van der Waals surface area contributed by atoms with E-state index in [4.69, 9.17) is 27.9 Å². The van der Waals surface area contributed by atoms with Crippen LogP contribution >= 0.6 is 39.1 Å². The summed E-state index contributed by atoms with van der Waals surface area (Å²) in [5, 5.41) is 2.53. The quantitative estimate of drug-likeness (QED) is 0.667. The van der Waals surface area contributed by atoms with Gasteiger partial charge in [-0.05, 0) is 24.3 Å². The Morgan fingerprint density at radius 1 is 1.38 bits per heavy atom. The van der Waals surface area contributed by atoms with Crippen molar-refractivity contribution in [3.8, 4) is 5.75 Å². The molecule has 88 valence electrons. The molecule has 1 amide bonds. The highest BCUT2D eigenvalue weighted by Crippen LogP contribution is 2.15. The van der Waals surface area contributed by atoms with Crippen molar-refractivity contribution in [2.75, 3.05) is 13.2 Å². The molecule has 0 fully saturated rings. The van der Waals surface area contributed by atoms with E-state index in [9.17, 15) is 4.79 Å². The van der Waals surface area contributed by atoms with Crippen molar-refractivity contribution < 1.29 is 9.53 Å². The first kappa shape index (κ1) is 13.6. The molecule has 16 heavy (non-hydrogen) atoms. The van der Waals surface area contributed by atoms with Crippen LogP contribution in [0.5, 0.6) is 5.75 Å². The molecular formula is C10H10BrCl2NO2. The maximum atomic E-state index is 11.0. The second-order valence-electron chi connectivity index (χ2n) is 2.89. The third-order valence-corrected chi connectivity index (χ3v) is 2.61. The van der Waals surface area contributed by atoms with Gasteiger partial charge in [0.1, 0.15) is 12.4 Å². The summed E-state index contributed by atoms with van der Waals surface area (Å²) in [5.41, 5.74) is 0. The highest BCUT2D eigenvalue weighted by Gasteiger charge is 2.09. The summed E-state index contributed by atoms with van der Waals surface area (Å²) in [7, 11) is 0. The van der Waals surface area contributed by atoms with E-state index in [1.165, 1.54) is 0 Å². The van der Waals surface area contributed by atoms with E-state index >= 15 is 0 Å². The molecule has 6 heteroatoms. The Hall–Kier alpha value is -0.450. The van der Waals surface area contributed by atoms with Crippen molar-refractivity contribution in [3.63, 3.8) is 0 Å². The standard InChI is InChI=1S/C10H10BrCl2NO2/c11-7-1-3-8(4-2-7)16-6-5-14-10(15)9(12)13/h1-4,9H,5-6H2,(H,14,15). The lowest BCUT2D eigenvalue weighted by Gasteiger charge is -2.07. The molecular weight excluding hydrogens is 317 g/mol. The van der Waals surface area contributed by atoms with E-state index < -0.39 is 10.7 Å². The van der Waals surface area contributed by atoms with Crippen LogP contribution in [0.4, 0.5) is 0 Å². The first-order valence-corrected chi connectivity index (χ1v) is 6.20. The molecule has 1 rings (SSSR count). The summed E-state index contributed by atoms with van der Waals surface area (Å²) in [6.45, 7) is 0.735. The van der Waals surface area contributed by atoms with Crippen LogP contribution in [0.15, 0.2) is 28.7 Å². The van der Waals surface area contributed by atoms with Crippen LogP contribution in [0.3, 0.4) is 0 Å². The van der Waals surface area contributed by atoms with Crippen LogP contribution in [0.2, 0.25) is 0 Å². The maximum absolute atomic E-state index is 11.0. The van der Waals surface area contributed by atoms with E-state index in [2.05, 4.69) is 21.2 Å². The van der Waals surface area contributed by atoms with Crippen LogP contribution in [0.1, 0.15) is 0 Å². The van der Waals surface area contributed by atoms with Gasteiger partial charge in [-0.3, -0.25) is 4.79 Å². The van der Waals surface area contributed by atoms with Crippen LogP contribution in [0, 0.1) is 0 Å². The number of amides is 1. The van der Waals surface area contributed by atoms with Crippen LogP contribution in [-0.2, 0) is 4.79 Å². The molecule has 0 aliphatic rings. The molecule has 0 bridgehead atoms. The Bertz CT molecular complexity index is 343. The van der Waals surface area contributed by atoms with Crippen molar-refractivity contribution in [3.05, 3.63) is 28.7 Å². The molecule has 0 aliphatic carbocycles. The predicted octanol–water partition coefficient (Wildman–Crippen LogP) is 2.75. The van der Waals surface area contributed by atoms with Gasteiger partial charge in [0.2, 0.25) is 0 Å². The van der Waals surface area contributed by atoms with E-state index in [0.29, 0.717) is 13.2 Å². The van der Waals surface area contributed by atoms with Gasteiger partial charge in [0, 0.05) is 4.47 Å². The minimum Gasteiger partial charge on any atom is -0.492 e. The Kier molecular flexibility index (Phi) is 5.95. The molecule has 0 saturated carbocycles. The van der Waals surface area contributed by atoms with Crippen LogP contribution in [-0.4, -0.2) is 23.9 Å². The van der Waals surface area contributed by atoms with Crippen molar-refractivity contribution >= 4 is 45.0 Å². The summed E-state index contributed by atoms with van der Waals surface area (Å²) >= 11 is 14.0. The zero-order chi connectivity index (χ0) is 12.0. The lowest BCUT2D eigenvalue weighted by molar-refractivity contribution is -0.119. The molecule has 1 N–H and O–H groups in total. The molecule has 0 atom stereocenters. The fourth-order valence-corrected chi connectivity index (χ4v) is 1.37. The molecule has 1 aromatic carbocycles. The third-order valence-electron chi connectivity index (χ3n) is 1.68. The topological polar surface area (TPSA) is 38.3 Å². The highest BCUT2D eigenvalue weighted by atomic mass is 79.9. The predicted molar refractivity (Wildman–Crippen MR) is 68.1 cm³/mol. The van der Waals surface area contributed by atoms with Gasteiger partial charge >= 0.3 is 0 Å². The van der Waals surface area contributed by atoms with Gasteiger partial charge in [0.25, 0.3) is 5.91 Å². The van der Waals surface area contributed by atoms with Gasteiger partial charge < -0.3 is 10.1 Å². The summed E-state index contributed by atoms with van der Waals surface area (Å²) < 4.78 is 6.36. The van der Waals surface area contributed by atoms with Gasteiger partial charge in [-0.2, -0.15) is 0 Å². The zero-order valence-electron chi connectivity index (χ0n) is 8.25. The molecule has 0 saturated heterocycles. The Morgan fingerprint density at radius 3 is 2.56 bits per heavy atom. The fourth-order valence-electron chi connectivity index (χ4n) is 0.951. The number of hydrogen-bond donors (Lipinski definition) is 1. The van der Waals surface area contributed by atoms with E-state index in [-0.39, 0.29) is 0 Å². The first-order chi connectivity index (χ1) is 7.59. The molecule has 0 unspecified atom stereocenters. The molecule has 0 spiro atoms. The van der Waals surface area contributed by atoms with E-state index in [0.717, 1.165) is 10.2 Å². The van der Waals surface area contributed by atoms with Gasteiger partial charge in [0.05, 0.1) is 6.54 Å². The van der Waals surface area contributed by atoms with Crippen LogP contribution < -0.4 is 10.1 Å². The Labute approximate surface area is 112 Å². The average Bonchev–Trinajstić information content (AvgIpc) is 2.26. The molecule has 3 nitrogen and oxygen atoms in total. The molecule has 0 aromatic heterocycles. The van der Waals surface area contributed by atoms with E-state index in [1.807, 2.05) is 24.3 Å². The van der Waals surface area contributed by atoms with Crippen molar-refractivity contribution in [1.29, 1.82) is 0 Å². The lowest BCUT2D eigenvalue weighted by Crippen LogP contribution is -2.32. The van der Waals surface area contributed by atoms with E-state index in [1.54, 1.807) is 0 Å². The number of alkyl halides is 2. The lowest BCUT2D eigenvalue weighted by atomic mass is 10.3. The molecule has 0 aliphatic heterocycles. The first-order valence-electron chi connectivity index (χ1n) is 4.54. The Morgan fingerprint density at radius 2 is 2.00 bits per heavy atom. The van der Waals surface area contributed by atoms with Crippen LogP contribution in [0.25, 0.3) is 0 Å². The smallest absolute Gasteiger partial charge is 0.253 e.